The largest absolute Gasteiger partial charge is 0.495 e. The maximum absolute atomic E-state index is 10.6. The highest BCUT2D eigenvalue weighted by molar-refractivity contribution is 5.25. The van der Waals surface area contributed by atoms with Gasteiger partial charge in [0.25, 0.3) is 0 Å². The first-order valence-electron chi connectivity index (χ1n) is 11.0. The van der Waals surface area contributed by atoms with Crippen LogP contribution in [-0.2, 0) is 9.47 Å². The Morgan fingerprint density at radius 2 is 2.00 bits per heavy atom. The lowest BCUT2D eigenvalue weighted by molar-refractivity contribution is -0.0565. The third kappa shape index (κ3) is 4.14. The molecule has 150 valence electrons. The Hall–Kier alpha value is -0.540. The van der Waals surface area contributed by atoms with Crippen molar-refractivity contribution in [3.8, 4) is 0 Å². The summed E-state index contributed by atoms with van der Waals surface area (Å²) in [5.41, 5.74) is 1.66. The molecule has 0 bridgehead atoms. The van der Waals surface area contributed by atoms with E-state index in [0.717, 1.165) is 51.4 Å². The first kappa shape index (κ1) is 20.2. The Labute approximate surface area is 160 Å². The highest BCUT2D eigenvalue weighted by Crippen LogP contribution is 2.58. The van der Waals surface area contributed by atoms with E-state index >= 15 is 0 Å². The Bertz CT molecular complexity index is 518. The lowest BCUT2D eigenvalue weighted by Gasteiger charge is -2.45. The van der Waals surface area contributed by atoms with Crippen LogP contribution >= 0.6 is 0 Å². The van der Waals surface area contributed by atoms with Crippen molar-refractivity contribution in [1.82, 2.24) is 0 Å². The summed E-state index contributed by atoms with van der Waals surface area (Å²) in [4.78, 5) is 0. The summed E-state index contributed by atoms with van der Waals surface area (Å²) in [7, 11) is 0. The molecule has 1 aliphatic heterocycles. The normalized spacial score (nSPS) is 35.7. The Kier molecular flexibility index (Phi) is 6.08. The van der Waals surface area contributed by atoms with Crippen molar-refractivity contribution in [2.24, 2.45) is 11.3 Å². The van der Waals surface area contributed by atoms with Crippen LogP contribution in [0.25, 0.3) is 0 Å². The molecule has 3 aliphatic rings. The van der Waals surface area contributed by atoms with E-state index in [0.29, 0.717) is 18.1 Å². The molecule has 1 saturated carbocycles. The fourth-order valence-corrected chi connectivity index (χ4v) is 5.88. The van der Waals surface area contributed by atoms with Gasteiger partial charge in [0.2, 0.25) is 0 Å². The van der Waals surface area contributed by atoms with E-state index in [2.05, 4.69) is 34.6 Å². The van der Waals surface area contributed by atoms with Gasteiger partial charge in [-0.05, 0) is 97.0 Å². The highest BCUT2D eigenvalue weighted by Gasteiger charge is 2.52. The Morgan fingerprint density at radius 1 is 1.23 bits per heavy atom. The zero-order valence-corrected chi connectivity index (χ0v) is 17.6. The molecule has 26 heavy (non-hydrogen) atoms. The van der Waals surface area contributed by atoms with E-state index in [1.807, 2.05) is 0 Å². The van der Waals surface area contributed by atoms with Gasteiger partial charge in [-0.2, -0.15) is 0 Å². The van der Waals surface area contributed by atoms with Crippen LogP contribution in [0.1, 0.15) is 98.8 Å². The minimum absolute atomic E-state index is 0.0554. The maximum Gasteiger partial charge on any atom is 0.0985 e. The summed E-state index contributed by atoms with van der Waals surface area (Å²) in [5.74, 6) is 1.87. The van der Waals surface area contributed by atoms with E-state index in [-0.39, 0.29) is 17.1 Å². The molecule has 1 heterocycles. The van der Waals surface area contributed by atoms with Crippen LogP contribution in [0, 0.1) is 11.3 Å². The predicted molar refractivity (Wildman–Crippen MR) is 106 cm³/mol. The molecule has 3 rings (SSSR count). The maximum atomic E-state index is 10.6. The van der Waals surface area contributed by atoms with Crippen molar-refractivity contribution in [3.05, 3.63) is 11.3 Å². The quantitative estimate of drug-likeness (QED) is 0.652. The van der Waals surface area contributed by atoms with Crippen LogP contribution in [0.2, 0.25) is 0 Å². The topological polar surface area (TPSA) is 38.7 Å². The summed E-state index contributed by atoms with van der Waals surface area (Å²) in [6, 6.07) is 0. The molecule has 0 spiro atoms. The van der Waals surface area contributed by atoms with E-state index in [4.69, 9.17) is 9.47 Å². The van der Waals surface area contributed by atoms with E-state index < -0.39 is 0 Å². The molecule has 3 unspecified atom stereocenters. The lowest BCUT2D eigenvalue weighted by atomic mass is 9.63. The molecule has 0 aromatic heterocycles. The second-order valence-corrected chi connectivity index (χ2v) is 9.93. The monoisotopic (exact) mass is 364 g/mol. The van der Waals surface area contributed by atoms with Crippen molar-refractivity contribution >= 4 is 0 Å². The van der Waals surface area contributed by atoms with Gasteiger partial charge in [-0.15, -0.1) is 0 Å². The first-order valence-corrected chi connectivity index (χ1v) is 11.0. The van der Waals surface area contributed by atoms with Crippen molar-refractivity contribution in [2.75, 3.05) is 0 Å². The second kappa shape index (κ2) is 7.83. The number of ether oxygens (including phenoxy) is 2. The number of aliphatic hydroxyl groups is 1. The molecular weight excluding hydrogens is 324 g/mol. The number of rotatable bonds is 6. The third-order valence-electron chi connectivity index (χ3n) is 7.08. The van der Waals surface area contributed by atoms with Gasteiger partial charge >= 0.3 is 0 Å². The number of aliphatic hydroxyl groups excluding tert-OH is 1. The summed E-state index contributed by atoms with van der Waals surface area (Å²) in [6.07, 6.45) is 11.7. The van der Waals surface area contributed by atoms with Crippen LogP contribution < -0.4 is 0 Å². The molecule has 1 N–H and O–H groups in total. The average molecular weight is 365 g/mol. The van der Waals surface area contributed by atoms with Crippen LogP contribution in [0.5, 0.6) is 0 Å². The Balaban J connectivity index is 1.52. The molecular formula is C23H40O3. The van der Waals surface area contributed by atoms with Gasteiger partial charge in [-0.3, -0.25) is 0 Å². The first-order chi connectivity index (χ1) is 12.2. The van der Waals surface area contributed by atoms with E-state index in [1.165, 1.54) is 18.6 Å². The SMILES string of the molecule is CC[C@@]12CCC3=C(CCC(CCCC(C)OC(C)(C)C)O3)[C@@H]1CCC2O. The number of hydrogen-bond acceptors (Lipinski definition) is 3. The molecule has 1 fully saturated rings. The van der Waals surface area contributed by atoms with E-state index in [1.54, 1.807) is 5.57 Å². The van der Waals surface area contributed by atoms with Gasteiger partial charge in [-0.25, -0.2) is 0 Å². The van der Waals surface area contributed by atoms with Crippen LogP contribution in [0.15, 0.2) is 11.3 Å². The molecule has 3 nitrogen and oxygen atoms in total. The Morgan fingerprint density at radius 3 is 2.69 bits per heavy atom. The van der Waals surface area contributed by atoms with Crippen LogP contribution in [-0.4, -0.2) is 29.0 Å². The smallest absolute Gasteiger partial charge is 0.0985 e. The van der Waals surface area contributed by atoms with Crippen molar-refractivity contribution in [3.63, 3.8) is 0 Å². The van der Waals surface area contributed by atoms with E-state index in [9.17, 15) is 5.11 Å². The van der Waals surface area contributed by atoms with Gasteiger partial charge in [0, 0.05) is 11.8 Å². The van der Waals surface area contributed by atoms with Crippen molar-refractivity contribution < 1.29 is 14.6 Å². The molecule has 0 saturated heterocycles. The molecule has 0 aromatic carbocycles. The highest BCUT2D eigenvalue weighted by atomic mass is 16.5. The zero-order valence-electron chi connectivity index (χ0n) is 17.6. The summed E-state index contributed by atoms with van der Waals surface area (Å²) in [5, 5.41) is 10.6. The minimum Gasteiger partial charge on any atom is -0.495 e. The molecule has 0 amide bonds. The second-order valence-electron chi connectivity index (χ2n) is 9.93. The standard InChI is InChI=1S/C23H40O3/c1-6-23-15-14-20-18(19(23)12-13-21(23)24)11-10-17(25-20)9-7-8-16(2)26-22(3,4)5/h16-17,19,21,24H,6-15H2,1-5H3/t16?,17?,19-,21?,23+/m0/s1. The lowest BCUT2D eigenvalue weighted by Crippen LogP contribution is -2.40. The molecule has 2 aliphatic carbocycles. The molecule has 5 atom stereocenters. The van der Waals surface area contributed by atoms with Gasteiger partial charge in [-0.1, -0.05) is 6.92 Å². The van der Waals surface area contributed by atoms with Gasteiger partial charge < -0.3 is 14.6 Å². The van der Waals surface area contributed by atoms with Gasteiger partial charge in [0.1, 0.15) is 0 Å². The fourth-order valence-electron chi connectivity index (χ4n) is 5.88. The fraction of sp³-hybridized carbons (Fsp3) is 0.913. The van der Waals surface area contributed by atoms with Crippen molar-refractivity contribution in [2.45, 2.75) is 123 Å². The zero-order chi connectivity index (χ0) is 18.9. The predicted octanol–water partition coefficient (Wildman–Crippen LogP) is 5.75. The number of allylic oxidation sites excluding steroid dienone is 2. The molecule has 0 aromatic rings. The van der Waals surface area contributed by atoms with Gasteiger partial charge in [0.05, 0.1) is 29.7 Å². The van der Waals surface area contributed by atoms with Crippen LogP contribution in [0.3, 0.4) is 0 Å². The average Bonchev–Trinajstić information content (AvgIpc) is 2.90. The van der Waals surface area contributed by atoms with Crippen molar-refractivity contribution in [1.29, 1.82) is 0 Å². The minimum atomic E-state index is -0.103. The summed E-state index contributed by atoms with van der Waals surface area (Å²) < 4.78 is 12.5. The number of fused-ring (bicyclic) bond motifs is 2. The third-order valence-corrected chi connectivity index (χ3v) is 7.08. The summed E-state index contributed by atoms with van der Waals surface area (Å²) in [6.45, 7) is 10.8. The molecule has 3 heteroatoms. The molecule has 0 radical (unpaired) electrons. The van der Waals surface area contributed by atoms with Gasteiger partial charge in [0.15, 0.2) is 0 Å². The summed E-state index contributed by atoms with van der Waals surface area (Å²) >= 11 is 0. The van der Waals surface area contributed by atoms with Crippen LogP contribution in [0.4, 0.5) is 0 Å². The number of hydrogen-bond donors (Lipinski definition) is 1.